The molecule has 1 aromatic rings. The van der Waals surface area contributed by atoms with Crippen LogP contribution in [0.4, 0.5) is 0 Å². The standard InChI is InChI=1S/C12H17NO2/c1-5-9-8(11(14)15)6-7-10(13-9)12(2,3)4/h6-7H,5H2,1-4H3,(H,14,15). The Morgan fingerprint density at radius 1 is 1.40 bits per heavy atom. The molecule has 1 N–H and O–H groups in total. The molecule has 1 heterocycles. The molecule has 0 spiro atoms. The van der Waals surface area contributed by atoms with Crippen molar-refractivity contribution >= 4 is 5.97 Å². The number of aryl methyl sites for hydroxylation is 1. The van der Waals surface area contributed by atoms with Crippen LogP contribution in [0, 0.1) is 0 Å². The van der Waals surface area contributed by atoms with Crippen molar-refractivity contribution < 1.29 is 9.90 Å². The second kappa shape index (κ2) is 4.01. The maximum Gasteiger partial charge on any atom is 0.337 e. The van der Waals surface area contributed by atoms with Crippen molar-refractivity contribution in [2.75, 3.05) is 0 Å². The molecule has 15 heavy (non-hydrogen) atoms. The van der Waals surface area contributed by atoms with Gasteiger partial charge in [0.1, 0.15) is 0 Å². The molecule has 0 atom stereocenters. The third kappa shape index (κ3) is 2.55. The van der Waals surface area contributed by atoms with Gasteiger partial charge >= 0.3 is 5.97 Å². The second-order valence-corrected chi connectivity index (χ2v) is 4.60. The summed E-state index contributed by atoms with van der Waals surface area (Å²) >= 11 is 0. The summed E-state index contributed by atoms with van der Waals surface area (Å²) in [6.07, 6.45) is 0.644. The van der Waals surface area contributed by atoms with Crippen molar-refractivity contribution in [3.63, 3.8) is 0 Å². The van der Waals surface area contributed by atoms with Crippen molar-refractivity contribution in [2.24, 2.45) is 0 Å². The van der Waals surface area contributed by atoms with E-state index in [1.165, 1.54) is 0 Å². The van der Waals surface area contributed by atoms with Gasteiger partial charge in [-0.05, 0) is 18.6 Å². The Morgan fingerprint density at radius 2 is 2.00 bits per heavy atom. The highest BCUT2D eigenvalue weighted by molar-refractivity contribution is 5.88. The minimum atomic E-state index is -0.903. The normalized spacial score (nSPS) is 11.5. The van der Waals surface area contributed by atoms with Crippen LogP contribution in [-0.4, -0.2) is 16.1 Å². The number of aromatic nitrogens is 1. The molecule has 3 heteroatoms. The number of hydrogen-bond donors (Lipinski definition) is 1. The Morgan fingerprint density at radius 3 is 2.40 bits per heavy atom. The molecule has 0 fully saturated rings. The lowest BCUT2D eigenvalue weighted by molar-refractivity contribution is 0.0695. The first-order chi connectivity index (χ1) is 6.86. The Kier molecular flexibility index (Phi) is 3.12. The van der Waals surface area contributed by atoms with Crippen LogP contribution < -0.4 is 0 Å². The van der Waals surface area contributed by atoms with Gasteiger partial charge in [-0.3, -0.25) is 4.98 Å². The van der Waals surface area contributed by atoms with Gasteiger partial charge in [0.15, 0.2) is 0 Å². The number of hydrogen-bond acceptors (Lipinski definition) is 2. The van der Waals surface area contributed by atoms with Crippen LogP contribution in [0.2, 0.25) is 0 Å². The first-order valence-corrected chi connectivity index (χ1v) is 5.10. The van der Waals surface area contributed by atoms with Crippen molar-refractivity contribution in [2.45, 2.75) is 39.5 Å². The SMILES string of the molecule is CCc1nc(C(C)(C)C)ccc1C(=O)O. The van der Waals surface area contributed by atoms with E-state index in [-0.39, 0.29) is 5.41 Å². The summed E-state index contributed by atoms with van der Waals surface area (Å²) in [7, 11) is 0. The van der Waals surface area contributed by atoms with E-state index in [1.807, 2.05) is 6.92 Å². The molecule has 1 rings (SSSR count). The molecular weight excluding hydrogens is 190 g/mol. The summed E-state index contributed by atoms with van der Waals surface area (Å²) in [6.45, 7) is 8.11. The topological polar surface area (TPSA) is 50.2 Å². The fourth-order valence-electron chi connectivity index (χ4n) is 1.38. The van der Waals surface area contributed by atoms with Crippen LogP contribution >= 0.6 is 0 Å². The van der Waals surface area contributed by atoms with Crippen molar-refractivity contribution in [3.8, 4) is 0 Å². The van der Waals surface area contributed by atoms with Crippen molar-refractivity contribution in [1.82, 2.24) is 4.98 Å². The molecule has 0 amide bonds. The fourth-order valence-corrected chi connectivity index (χ4v) is 1.38. The molecule has 3 nitrogen and oxygen atoms in total. The predicted molar refractivity (Wildman–Crippen MR) is 59.3 cm³/mol. The van der Waals surface area contributed by atoms with Gasteiger partial charge in [-0.25, -0.2) is 4.79 Å². The number of carboxylic acids is 1. The molecule has 0 aliphatic rings. The van der Waals surface area contributed by atoms with Crippen LogP contribution in [0.1, 0.15) is 49.4 Å². The van der Waals surface area contributed by atoms with E-state index in [0.717, 1.165) is 5.69 Å². The zero-order chi connectivity index (χ0) is 11.6. The molecule has 0 radical (unpaired) electrons. The van der Waals surface area contributed by atoms with E-state index >= 15 is 0 Å². The highest BCUT2D eigenvalue weighted by atomic mass is 16.4. The third-order valence-electron chi connectivity index (χ3n) is 2.31. The third-order valence-corrected chi connectivity index (χ3v) is 2.31. The minimum Gasteiger partial charge on any atom is -0.478 e. The second-order valence-electron chi connectivity index (χ2n) is 4.60. The summed E-state index contributed by atoms with van der Waals surface area (Å²) in [4.78, 5) is 15.3. The Labute approximate surface area is 90.2 Å². The average molecular weight is 207 g/mol. The van der Waals surface area contributed by atoms with E-state index in [4.69, 9.17) is 5.11 Å². The largest absolute Gasteiger partial charge is 0.478 e. The van der Waals surface area contributed by atoms with Crippen LogP contribution in [0.15, 0.2) is 12.1 Å². The van der Waals surface area contributed by atoms with Gasteiger partial charge in [0.05, 0.1) is 11.3 Å². The van der Waals surface area contributed by atoms with E-state index in [2.05, 4.69) is 25.8 Å². The van der Waals surface area contributed by atoms with Gasteiger partial charge in [0, 0.05) is 11.1 Å². The van der Waals surface area contributed by atoms with Gasteiger partial charge in [0.25, 0.3) is 0 Å². The Bertz CT molecular complexity index is 378. The Balaban J connectivity index is 3.25. The molecule has 0 aliphatic carbocycles. The lowest BCUT2D eigenvalue weighted by Gasteiger charge is -2.19. The average Bonchev–Trinajstić information content (AvgIpc) is 2.15. The van der Waals surface area contributed by atoms with Crippen LogP contribution in [0.25, 0.3) is 0 Å². The summed E-state index contributed by atoms with van der Waals surface area (Å²) in [5.74, 6) is -0.903. The lowest BCUT2D eigenvalue weighted by atomic mass is 9.91. The maximum atomic E-state index is 10.9. The molecule has 0 aromatic carbocycles. The lowest BCUT2D eigenvalue weighted by Crippen LogP contribution is -2.16. The highest BCUT2D eigenvalue weighted by Gasteiger charge is 2.18. The summed E-state index contributed by atoms with van der Waals surface area (Å²) < 4.78 is 0. The van der Waals surface area contributed by atoms with Gasteiger partial charge in [-0.1, -0.05) is 27.7 Å². The molecule has 82 valence electrons. The minimum absolute atomic E-state index is 0.0407. The van der Waals surface area contributed by atoms with Crippen LogP contribution in [0.3, 0.4) is 0 Å². The number of aromatic carboxylic acids is 1. The zero-order valence-electron chi connectivity index (χ0n) is 9.66. The van der Waals surface area contributed by atoms with E-state index in [1.54, 1.807) is 12.1 Å². The van der Waals surface area contributed by atoms with Gasteiger partial charge in [-0.2, -0.15) is 0 Å². The molecule has 0 saturated carbocycles. The molecule has 1 aromatic heterocycles. The number of pyridine rings is 1. The molecule has 0 saturated heterocycles. The monoisotopic (exact) mass is 207 g/mol. The molecule has 0 bridgehead atoms. The zero-order valence-corrected chi connectivity index (χ0v) is 9.66. The first-order valence-electron chi connectivity index (χ1n) is 5.10. The molecule has 0 unspecified atom stereocenters. The summed E-state index contributed by atoms with van der Waals surface area (Å²) in [5.41, 5.74) is 1.87. The van der Waals surface area contributed by atoms with E-state index in [9.17, 15) is 4.79 Å². The molecule has 0 aliphatic heterocycles. The Hall–Kier alpha value is -1.38. The maximum absolute atomic E-state index is 10.9. The van der Waals surface area contributed by atoms with Crippen LogP contribution in [0.5, 0.6) is 0 Å². The number of nitrogens with zero attached hydrogens (tertiary/aromatic N) is 1. The van der Waals surface area contributed by atoms with Gasteiger partial charge in [0.2, 0.25) is 0 Å². The van der Waals surface area contributed by atoms with E-state index < -0.39 is 5.97 Å². The fraction of sp³-hybridized carbons (Fsp3) is 0.500. The van der Waals surface area contributed by atoms with Crippen molar-refractivity contribution in [3.05, 3.63) is 29.1 Å². The first kappa shape index (κ1) is 11.7. The smallest absolute Gasteiger partial charge is 0.337 e. The molecular formula is C12H17NO2. The number of rotatable bonds is 2. The van der Waals surface area contributed by atoms with Crippen LogP contribution in [-0.2, 0) is 11.8 Å². The number of carboxylic acid groups (broad SMARTS) is 1. The van der Waals surface area contributed by atoms with Gasteiger partial charge < -0.3 is 5.11 Å². The predicted octanol–water partition coefficient (Wildman–Crippen LogP) is 2.64. The highest BCUT2D eigenvalue weighted by Crippen LogP contribution is 2.21. The van der Waals surface area contributed by atoms with Gasteiger partial charge in [-0.15, -0.1) is 0 Å². The quantitative estimate of drug-likeness (QED) is 0.811. The summed E-state index contributed by atoms with van der Waals surface area (Å²) in [6, 6.07) is 3.44. The summed E-state index contributed by atoms with van der Waals surface area (Å²) in [5, 5.41) is 8.95. The van der Waals surface area contributed by atoms with Crippen molar-refractivity contribution in [1.29, 1.82) is 0 Å². The van der Waals surface area contributed by atoms with E-state index in [0.29, 0.717) is 17.7 Å². The number of carbonyl (C=O) groups is 1.